The maximum atomic E-state index is 12.7. The molecule has 5 nitrogen and oxygen atoms in total. The topological polar surface area (TPSA) is 53.5 Å². The van der Waals surface area contributed by atoms with Crippen molar-refractivity contribution in [2.45, 2.75) is 33.1 Å². The molecule has 2 heterocycles. The fourth-order valence-corrected chi connectivity index (χ4v) is 3.75. The van der Waals surface area contributed by atoms with E-state index < -0.39 is 0 Å². The monoisotopic (exact) mass is 353 g/mol. The van der Waals surface area contributed by atoms with Crippen molar-refractivity contribution in [2.24, 2.45) is 5.92 Å². The molecular formula is C21H27N3O2. The van der Waals surface area contributed by atoms with E-state index in [4.69, 9.17) is 0 Å². The largest absolute Gasteiger partial charge is 0.343 e. The summed E-state index contributed by atoms with van der Waals surface area (Å²) < 4.78 is 0. The van der Waals surface area contributed by atoms with Crippen molar-refractivity contribution in [3.63, 3.8) is 0 Å². The second-order valence-corrected chi connectivity index (χ2v) is 6.83. The Hall–Kier alpha value is -2.43. The van der Waals surface area contributed by atoms with Crippen LogP contribution in [0, 0.1) is 5.92 Å². The number of hydrogen-bond donors (Lipinski definition) is 0. The molecule has 3 rings (SSSR count). The summed E-state index contributed by atoms with van der Waals surface area (Å²) in [4.78, 5) is 33.4. The number of aromatic nitrogens is 1. The first-order chi connectivity index (χ1) is 12.6. The van der Waals surface area contributed by atoms with Gasteiger partial charge in [0.05, 0.1) is 11.9 Å². The summed E-state index contributed by atoms with van der Waals surface area (Å²) in [5.41, 5.74) is 1.87. The Morgan fingerprint density at radius 1 is 1.12 bits per heavy atom. The van der Waals surface area contributed by atoms with Crippen LogP contribution < -0.4 is 0 Å². The molecule has 0 aliphatic carbocycles. The Morgan fingerprint density at radius 2 is 1.81 bits per heavy atom. The van der Waals surface area contributed by atoms with Gasteiger partial charge in [-0.1, -0.05) is 24.3 Å². The average Bonchev–Trinajstić information content (AvgIpc) is 2.69. The molecule has 0 N–H and O–H groups in total. The van der Waals surface area contributed by atoms with Gasteiger partial charge in [0.2, 0.25) is 11.8 Å². The van der Waals surface area contributed by atoms with Crippen molar-refractivity contribution in [1.29, 1.82) is 0 Å². The fraction of sp³-hybridized carbons (Fsp3) is 0.476. The van der Waals surface area contributed by atoms with Gasteiger partial charge in [-0.05, 0) is 38.3 Å². The maximum Gasteiger partial charge on any atom is 0.227 e. The first kappa shape index (κ1) is 18.4. The van der Waals surface area contributed by atoms with Crippen LogP contribution >= 0.6 is 0 Å². The van der Waals surface area contributed by atoms with Gasteiger partial charge in [0.15, 0.2) is 0 Å². The second kappa shape index (κ2) is 8.30. The molecule has 0 radical (unpaired) electrons. The summed E-state index contributed by atoms with van der Waals surface area (Å²) in [6.07, 6.45) is 3.65. The summed E-state index contributed by atoms with van der Waals surface area (Å²) in [6.45, 7) is 6.85. The maximum absolute atomic E-state index is 12.7. The third-order valence-corrected chi connectivity index (χ3v) is 5.33. The SMILES string of the molecule is CCN(CC)C(=O)C1CCN(C(=O)Cc2cccc3cccnc23)CC1. The lowest BCUT2D eigenvalue weighted by atomic mass is 9.94. The van der Waals surface area contributed by atoms with Crippen molar-refractivity contribution < 1.29 is 9.59 Å². The number of fused-ring (bicyclic) bond motifs is 1. The number of hydrogen-bond acceptors (Lipinski definition) is 3. The minimum atomic E-state index is 0.0539. The molecule has 1 aliphatic rings. The van der Waals surface area contributed by atoms with Crippen LogP contribution in [0.25, 0.3) is 10.9 Å². The first-order valence-corrected chi connectivity index (χ1v) is 9.53. The number of amides is 2. The molecule has 5 heteroatoms. The summed E-state index contributed by atoms with van der Waals surface area (Å²) in [5.74, 6) is 0.412. The summed E-state index contributed by atoms with van der Waals surface area (Å²) in [5, 5.41) is 1.06. The van der Waals surface area contributed by atoms with Crippen molar-refractivity contribution in [2.75, 3.05) is 26.2 Å². The Bertz CT molecular complexity index is 772. The predicted octanol–water partition coefficient (Wildman–Crippen LogP) is 2.88. The van der Waals surface area contributed by atoms with Crippen LogP contribution in [0.15, 0.2) is 36.5 Å². The van der Waals surface area contributed by atoms with Gasteiger partial charge >= 0.3 is 0 Å². The van der Waals surface area contributed by atoms with Gasteiger partial charge in [-0.25, -0.2) is 0 Å². The van der Waals surface area contributed by atoms with E-state index >= 15 is 0 Å². The number of rotatable bonds is 5. The Balaban J connectivity index is 1.61. The van der Waals surface area contributed by atoms with E-state index in [0.29, 0.717) is 19.5 Å². The normalized spacial score (nSPS) is 15.2. The smallest absolute Gasteiger partial charge is 0.227 e. The molecule has 1 aromatic carbocycles. The molecule has 0 saturated carbocycles. The lowest BCUT2D eigenvalue weighted by molar-refractivity contribution is -0.140. The number of carbonyl (C=O) groups excluding carboxylic acids is 2. The third kappa shape index (κ3) is 3.87. The van der Waals surface area contributed by atoms with Crippen LogP contribution in [0.4, 0.5) is 0 Å². The fourth-order valence-electron chi connectivity index (χ4n) is 3.75. The predicted molar refractivity (Wildman–Crippen MR) is 103 cm³/mol. The molecule has 138 valence electrons. The number of pyridine rings is 1. The van der Waals surface area contributed by atoms with Crippen LogP contribution in [0.5, 0.6) is 0 Å². The lowest BCUT2D eigenvalue weighted by Crippen LogP contribution is -2.44. The zero-order chi connectivity index (χ0) is 18.5. The Labute approximate surface area is 155 Å². The molecule has 0 atom stereocenters. The van der Waals surface area contributed by atoms with Crippen LogP contribution in [-0.2, 0) is 16.0 Å². The highest BCUT2D eigenvalue weighted by molar-refractivity contribution is 5.87. The summed E-state index contributed by atoms with van der Waals surface area (Å²) >= 11 is 0. The van der Waals surface area contributed by atoms with E-state index in [1.165, 1.54) is 0 Å². The average molecular weight is 353 g/mol. The quantitative estimate of drug-likeness (QED) is 0.830. The second-order valence-electron chi connectivity index (χ2n) is 6.83. The Kier molecular flexibility index (Phi) is 5.86. The molecule has 1 aromatic heterocycles. The van der Waals surface area contributed by atoms with E-state index in [9.17, 15) is 9.59 Å². The van der Waals surface area contributed by atoms with E-state index in [1.807, 2.05) is 54.0 Å². The number of para-hydroxylation sites is 1. The van der Waals surface area contributed by atoms with E-state index in [1.54, 1.807) is 6.20 Å². The molecule has 0 unspecified atom stereocenters. The van der Waals surface area contributed by atoms with Gasteiger partial charge in [0.25, 0.3) is 0 Å². The van der Waals surface area contributed by atoms with Gasteiger partial charge in [-0.2, -0.15) is 0 Å². The number of carbonyl (C=O) groups is 2. The highest BCUT2D eigenvalue weighted by Crippen LogP contribution is 2.22. The molecule has 2 amide bonds. The number of likely N-dealkylation sites (tertiary alicyclic amines) is 1. The number of benzene rings is 1. The van der Waals surface area contributed by atoms with Crippen molar-refractivity contribution in [3.8, 4) is 0 Å². The molecular weight excluding hydrogens is 326 g/mol. The number of piperidine rings is 1. The molecule has 1 fully saturated rings. The van der Waals surface area contributed by atoms with Crippen molar-refractivity contribution >= 4 is 22.7 Å². The molecule has 26 heavy (non-hydrogen) atoms. The lowest BCUT2D eigenvalue weighted by Gasteiger charge is -2.33. The highest BCUT2D eigenvalue weighted by atomic mass is 16.2. The first-order valence-electron chi connectivity index (χ1n) is 9.53. The van der Waals surface area contributed by atoms with Gasteiger partial charge < -0.3 is 9.80 Å². The zero-order valence-electron chi connectivity index (χ0n) is 15.6. The Morgan fingerprint density at radius 3 is 2.50 bits per heavy atom. The minimum absolute atomic E-state index is 0.0539. The summed E-state index contributed by atoms with van der Waals surface area (Å²) in [6, 6.07) is 9.89. The van der Waals surface area contributed by atoms with Crippen LogP contribution in [0.1, 0.15) is 32.3 Å². The van der Waals surface area contributed by atoms with E-state index in [-0.39, 0.29) is 17.7 Å². The molecule has 2 aromatic rings. The van der Waals surface area contributed by atoms with Crippen LogP contribution in [-0.4, -0.2) is 52.8 Å². The molecule has 1 aliphatic heterocycles. The molecule has 0 spiro atoms. The van der Waals surface area contributed by atoms with Crippen LogP contribution in [0.3, 0.4) is 0 Å². The number of nitrogens with zero attached hydrogens (tertiary/aromatic N) is 3. The standard InChI is InChI=1S/C21H27N3O2/c1-3-23(4-2)21(26)17-10-13-24(14-11-17)19(25)15-18-8-5-7-16-9-6-12-22-20(16)18/h5-9,12,17H,3-4,10-11,13-15H2,1-2H3. The van der Waals surface area contributed by atoms with Gasteiger partial charge in [-0.15, -0.1) is 0 Å². The van der Waals surface area contributed by atoms with Gasteiger partial charge in [0, 0.05) is 43.7 Å². The van der Waals surface area contributed by atoms with Crippen LogP contribution in [0.2, 0.25) is 0 Å². The summed E-state index contributed by atoms with van der Waals surface area (Å²) in [7, 11) is 0. The zero-order valence-corrected chi connectivity index (χ0v) is 15.6. The molecule has 1 saturated heterocycles. The minimum Gasteiger partial charge on any atom is -0.343 e. The van der Waals surface area contributed by atoms with Crippen molar-refractivity contribution in [1.82, 2.24) is 14.8 Å². The van der Waals surface area contributed by atoms with E-state index in [2.05, 4.69) is 4.98 Å². The van der Waals surface area contributed by atoms with Gasteiger partial charge in [0.1, 0.15) is 0 Å². The van der Waals surface area contributed by atoms with Gasteiger partial charge in [-0.3, -0.25) is 14.6 Å². The highest BCUT2D eigenvalue weighted by Gasteiger charge is 2.29. The third-order valence-electron chi connectivity index (χ3n) is 5.33. The van der Waals surface area contributed by atoms with E-state index in [0.717, 1.165) is 42.4 Å². The molecule has 0 bridgehead atoms. The van der Waals surface area contributed by atoms with Crippen molar-refractivity contribution in [3.05, 3.63) is 42.1 Å².